The number of anilines is 1. The Labute approximate surface area is 153 Å². The lowest BCUT2D eigenvalue weighted by atomic mass is 10.2. The van der Waals surface area contributed by atoms with Crippen LogP contribution in [0.4, 0.5) is 14.5 Å². The lowest BCUT2D eigenvalue weighted by Gasteiger charge is -2.14. The van der Waals surface area contributed by atoms with Crippen molar-refractivity contribution in [2.24, 2.45) is 0 Å². The normalized spacial score (nSPS) is 12.2. The van der Waals surface area contributed by atoms with Crippen molar-refractivity contribution < 1.29 is 18.3 Å². The third-order valence-corrected chi connectivity index (χ3v) is 4.76. The largest absolute Gasteiger partial charge is 0.495 e. The number of carbonyl (C=O) groups excluding carboxylic acids is 1. The fourth-order valence-electron chi connectivity index (χ4n) is 2.41. The number of hydrogen-bond acceptors (Lipinski definition) is 4. The highest BCUT2D eigenvalue weighted by Gasteiger charge is 2.19. The Kier molecular flexibility index (Phi) is 5.13. The highest BCUT2D eigenvalue weighted by atomic mass is 32.2. The predicted octanol–water partition coefficient (Wildman–Crippen LogP) is 4.28. The van der Waals surface area contributed by atoms with E-state index in [0.717, 1.165) is 29.5 Å². The number of ether oxygens (including phenoxy) is 1. The van der Waals surface area contributed by atoms with E-state index in [4.69, 9.17) is 4.74 Å². The Hall–Kier alpha value is -2.61. The minimum atomic E-state index is -0.960. The molecule has 1 heterocycles. The summed E-state index contributed by atoms with van der Waals surface area (Å²) >= 11 is 1.16. The molecular weight excluding hydrogens is 360 g/mol. The predicted molar refractivity (Wildman–Crippen MR) is 97.7 cm³/mol. The lowest BCUT2D eigenvalue weighted by molar-refractivity contribution is -0.115. The number of imidazole rings is 1. The van der Waals surface area contributed by atoms with Crippen LogP contribution in [0.1, 0.15) is 12.5 Å². The Morgan fingerprint density at radius 2 is 2.00 bits per heavy atom. The smallest absolute Gasteiger partial charge is 0.237 e. The maximum atomic E-state index is 13.3. The maximum Gasteiger partial charge on any atom is 0.237 e. The van der Waals surface area contributed by atoms with E-state index in [0.29, 0.717) is 27.6 Å². The van der Waals surface area contributed by atoms with E-state index >= 15 is 0 Å². The number of halogens is 2. The first-order valence-electron chi connectivity index (χ1n) is 7.84. The molecule has 2 aromatic carbocycles. The molecule has 8 heteroatoms. The van der Waals surface area contributed by atoms with Gasteiger partial charge in [0.05, 0.1) is 29.1 Å². The van der Waals surface area contributed by atoms with Crippen molar-refractivity contribution in [2.45, 2.75) is 24.3 Å². The third-order valence-electron chi connectivity index (χ3n) is 3.77. The minimum Gasteiger partial charge on any atom is -0.495 e. The Morgan fingerprint density at radius 3 is 2.73 bits per heavy atom. The van der Waals surface area contributed by atoms with E-state index in [9.17, 15) is 13.6 Å². The molecule has 2 N–H and O–H groups in total. The molecule has 0 aliphatic heterocycles. The highest BCUT2D eigenvalue weighted by molar-refractivity contribution is 8.00. The van der Waals surface area contributed by atoms with Gasteiger partial charge in [-0.2, -0.15) is 0 Å². The average molecular weight is 377 g/mol. The molecule has 5 nitrogen and oxygen atoms in total. The summed E-state index contributed by atoms with van der Waals surface area (Å²) in [5, 5.41) is 2.74. The summed E-state index contributed by atoms with van der Waals surface area (Å²) in [4.78, 5) is 19.5. The first kappa shape index (κ1) is 18.2. The number of hydrogen-bond donors (Lipinski definition) is 2. The van der Waals surface area contributed by atoms with Gasteiger partial charge in [0.25, 0.3) is 0 Å². The van der Waals surface area contributed by atoms with E-state index < -0.39 is 16.9 Å². The van der Waals surface area contributed by atoms with Gasteiger partial charge in [-0.15, -0.1) is 0 Å². The van der Waals surface area contributed by atoms with E-state index in [1.165, 1.54) is 7.11 Å². The van der Waals surface area contributed by atoms with Gasteiger partial charge in [-0.05, 0) is 31.5 Å². The number of fused-ring (bicyclic) bond motifs is 1. The summed E-state index contributed by atoms with van der Waals surface area (Å²) in [6.07, 6.45) is 0. The first-order chi connectivity index (χ1) is 12.4. The van der Waals surface area contributed by atoms with Crippen molar-refractivity contribution in [3.63, 3.8) is 0 Å². The molecule has 0 radical (unpaired) electrons. The number of aromatic nitrogens is 2. The van der Waals surface area contributed by atoms with Crippen LogP contribution in [-0.4, -0.2) is 28.2 Å². The summed E-state index contributed by atoms with van der Waals surface area (Å²) in [6, 6.07) is 7.56. The van der Waals surface area contributed by atoms with E-state index in [1.54, 1.807) is 13.0 Å². The van der Waals surface area contributed by atoms with Crippen LogP contribution in [0.15, 0.2) is 35.5 Å². The standard InChI is InChI=1S/C18H17F2N3O2S/c1-9-4-5-16(25-3)15(6-9)21-17(24)10(2)26-18-22-13-7-11(19)12(20)8-14(13)23-18/h4-8,10H,1-3H3,(H,21,24)(H,22,23). The van der Waals surface area contributed by atoms with Gasteiger partial charge in [0.15, 0.2) is 16.8 Å². The van der Waals surface area contributed by atoms with Crippen molar-refractivity contribution in [3.8, 4) is 5.75 Å². The van der Waals surface area contributed by atoms with Gasteiger partial charge in [-0.25, -0.2) is 13.8 Å². The van der Waals surface area contributed by atoms with Gasteiger partial charge in [-0.3, -0.25) is 4.79 Å². The number of benzene rings is 2. The topological polar surface area (TPSA) is 67.0 Å². The summed E-state index contributed by atoms with van der Waals surface area (Å²) in [5.74, 6) is -1.58. The van der Waals surface area contributed by atoms with Crippen molar-refractivity contribution in [1.29, 1.82) is 0 Å². The molecule has 1 atom stereocenters. The molecule has 3 rings (SSSR count). The quantitative estimate of drug-likeness (QED) is 0.652. The number of H-pyrrole nitrogens is 1. The second-order valence-electron chi connectivity index (χ2n) is 5.78. The fraction of sp³-hybridized carbons (Fsp3) is 0.222. The van der Waals surface area contributed by atoms with Crippen LogP contribution in [0.3, 0.4) is 0 Å². The number of amides is 1. The maximum absolute atomic E-state index is 13.3. The van der Waals surface area contributed by atoms with Crippen LogP contribution in [0.5, 0.6) is 5.75 Å². The van der Waals surface area contributed by atoms with Gasteiger partial charge < -0.3 is 15.0 Å². The Bertz CT molecular complexity index is 935. The Balaban J connectivity index is 1.74. The third kappa shape index (κ3) is 3.80. The average Bonchev–Trinajstić information content (AvgIpc) is 2.96. The molecule has 136 valence electrons. The fourth-order valence-corrected chi connectivity index (χ4v) is 3.23. The van der Waals surface area contributed by atoms with Crippen LogP contribution in [-0.2, 0) is 4.79 Å². The van der Waals surface area contributed by atoms with Crippen molar-refractivity contribution in [3.05, 3.63) is 47.5 Å². The van der Waals surface area contributed by atoms with Crippen molar-refractivity contribution in [2.75, 3.05) is 12.4 Å². The molecule has 0 saturated carbocycles. The molecule has 1 unspecified atom stereocenters. The molecule has 0 spiro atoms. The Morgan fingerprint density at radius 1 is 1.27 bits per heavy atom. The van der Waals surface area contributed by atoms with Gasteiger partial charge in [0.1, 0.15) is 5.75 Å². The van der Waals surface area contributed by atoms with E-state index in [1.807, 2.05) is 19.1 Å². The van der Waals surface area contributed by atoms with Crippen LogP contribution >= 0.6 is 11.8 Å². The summed E-state index contributed by atoms with van der Waals surface area (Å²) < 4.78 is 31.8. The second kappa shape index (κ2) is 7.33. The molecule has 0 bridgehead atoms. The van der Waals surface area contributed by atoms with Crippen molar-refractivity contribution >= 4 is 34.4 Å². The van der Waals surface area contributed by atoms with Gasteiger partial charge in [-0.1, -0.05) is 17.8 Å². The molecule has 0 aliphatic carbocycles. The van der Waals surface area contributed by atoms with E-state index in [2.05, 4.69) is 15.3 Å². The number of thioether (sulfide) groups is 1. The molecule has 26 heavy (non-hydrogen) atoms. The molecule has 1 amide bonds. The zero-order chi connectivity index (χ0) is 18.8. The number of aryl methyl sites for hydroxylation is 1. The van der Waals surface area contributed by atoms with Crippen LogP contribution < -0.4 is 10.1 Å². The number of nitrogens with zero attached hydrogens (tertiary/aromatic N) is 1. The zero-order valence-electron chi connectivity index (χ0n) is 14.4. The molecule has 0 fully saturated rings. The van der Waals surface area contributed by atoms with Gasteiger partial charge >= 0.3 is 0 Å². The van der Waals surface area contributed by atoms with Gasteiger partial charge in [0.2, 0.25) is 5.91 Å². The lowest BCUT2D eigenvalue weighted by Crippen LogP contribution is -2.22. The second-order valence-corrected chi connectivity index (χ2v) is 7.11. The number of nitrogens with one attached hydrogen (secondary N) is 2. The van der Waals surface area contributed by atoms with Crippen molar-refractivity contribution in [1.82, 2.24) is 9.97 Å². The summed E-state index contributed by atoms with van der Waals surface area (Å²) in [7, 11) is 1.53. The highest BCUT2D eigenvalue weighted by Crippen LogP contribution is 2.28. The number of methoxy groups -OCH3 is 1. The zero-order valence-corrected chi connectivity index (χ0v) is 15.2. The van der Waals surface area contributed by atoms with E-state index in [-0.39, 0.29) is 5.91 Å². The number of aromatic amines is 1. The first-order valence-corrected chi connectivity index (χ1v) is 8.72. The SMILES string of the molecule is COc1ccc(C)cc1NC(=O)C(C)Sc1nc2cc(F)c(F)cc2[nH]1. The van der Waals surface area contributed by atoms with Gasteiger partial charge in [0, 0.05) is 12.1 Å². The number of carbonyl (C=O) groups is 1. The summed E-state index contributed by atoms with van der Waals surface area (Å²) in [5.41, 5.74) is 2.25. The molecule has 1 aromatic heterocycles. The molecular formula is C18H17F2N3O2S. The van der Waals surface area contributed by atoms with Crippen LogP contribution in [0.25, 0.3) is 11.0 Å². The summed E-state index contributed by atoms with van der Waals surface area (Å²) in [6.45, 7) is 3.64. The molecule has 0 saturated heterocycles. The molecule has 0 aliphatic rings. The minimum absolute atomic E-state index is 0.239. The van der Waals surface area contributed by atoms with Crippen LogP contribution in [0.2, 0.25) is 0 Å². The molecule has 3 aromatic rings. The monoisotopic (exact) mass is 377 g/mol. The number of rotatable bonds is 5. The van der Waals surface area contributed by atoms with Crippen LogP contribution in [0, 0.1) is 18.6 Å².